The van der Waals surface area contributed by atoms with Gasteiger partial charge in [-0.05, 0) is 73.8 Å². The molecule has 4 heteroatoms. The molecule has 2 heterocycles. The van der Waals surface area contributed by atoms with Crippen molar-refractivity contribution < 1.29 is 4.42 Å². The van der Waals surface area contributed by atoms with Crippen LogP contribution in [0.4, 0.5) is 0 Å². The molecule has 0 aliphatic rings. The smallest absolute Gasteiger partial charge is 0.167 e. The molecule has 0 N–H and O–H groups in total. The van der Waals surface area contributed by atoms with Gasteiger partial charge in [0.1, 0.15) is 11.2 Å². The fourth-order valence-corrected chi connectivity index (χ4v) is 7.03. The first-order chi connectivity index (χ1) is 24.2. The minimum Gasteiger partial charge on any atom is -0.455 e. The van der Waals surface area contributed by atoms with Crippen LogP contribution in [0.25, 0.3) is 99.5 Å². The Kier molecular flexibility index (Phi) is 6.15. The highest BCUT2D eigenvalue weighted by atomic mass is 16.3. The van der Waals surface area contributed by atoms with E-state index in [4.69, 9.17) is 19.4 Å². The minimum atomic E-state index is 0.574. The van der Waals surface area contributed by atoms with Crippen molar-refractivity contribution in [1.82, 2.24) is 15.0 Å². The van der Waals surface area contributed by atoms with E-state index in [1.165, 1.54) is 27.3 Å². The Morgan fingerprint density at radius 2 is 0.939 bits per heavy atom. The zero-order valence-corrected chi connectivity index (χ0v) is 26.3. The van der Waals surface area contributed by atoms with E-state index in [2.05, 4.69) is 127 Å². The van der Waals surface area contributed by atoms with Crippen LogP contribution in [0.3, 0.4) is 0 Å². The van der Waals surface area contributed by atoms with Crippen LogP contribution in [-0.2, 0) is 0 Å². The lowest BCUT2D eigenvalue weighted by Crippen LogP contribution is -2.00. The van der Waals surface area contributed by atoms with E-state index in [1.807, 2.05) is 36.4 Å². The molecule has 228 valence electrons. The fourth-order valence-electron chi connectivity index (χ4n) is 7.03. The molecular formula is C45H27N3O. The number of aromatic nitrogens is 3. The largest absolute Gasteiger partial charge is 0.455 e. The first kappa shape index (κ1) is 27.5. The Labute approximate surface area is 282 Å². The quantitative estimate of drug-likeness (QED) is 0.195. The molecule has 0 radical (unpaired) electrons. The Hall–Kier alpha value is -6.65. The SMILES string of the molecule is c1ccc(-c2nc(-c3ccc4ccccc4c3)nc(-c3cccc4c3oc3cc5ccc(-c6cccc7ccccc67)cc5cc34)n2)cc1. The van der Waals surface area contributed by atoms with Crippen LogP contribution in [0.1, 0.15) is 0 Å². The summed E-state index contributed by atoms with van der Waals surface area (Å²) in [6.45, 7) is 0. The van der Waals surface area contributed by atoms with Crippen LogP contribution in [0.5, 0.6) is 0 Å². The summed E-state index contributed by atoms with van der Waals surface area (Å²) in [5.74, 6) is 1.81. The van der Waals surface area contributed by atoms with Crippen LogP contribution in [-0.4, -0.2) is 15.0 Å². The molecule has 0 aliphatic carbocycles. The summed E-state index contributed by atoms with van der Waals surface area (Å²) in [4.78, 5) is 15.1. The lowest BCUT2D eigenvalue weighted by atomic mass is 9.95. The molecule has 0 saturated heterocycles. The molecule has 0 bridgehead atoms. The van der Waals surface area contributed by atoms with Crippen molar-refractivity contribution in [3.8, 4) is 45.3 Å². The third-order valence-corrected chi connectivity index (χ3v) is 9.47. The van der Waals surface area contributed by atoms with Gasteiger partial charge in [0.25, 0.3) is 0 Å². The van der Waals surface area contributed by atoms with E-state index < -0.39 is 0 Å². The highest BCUT2D eigenvalue weighted by molar-refractivity contribution is 6.13. The molecule has 0 spiro atoms. The van der Waals surface area contributed by atoms with Crippen molar-refractivity contribution in [2.24, 2.45) is 0 Å². The molecule has 49 heavy (non-hydrogen) atoms. The van der Waals surface area contributed by atoms with Gasteiger partial charge >= 0.3 is 0 Å². The molecule has 2 aromatic heterocycles. The molecule has 10 aromatic rings. The molecular weight excluding hydrogens is 599 g/mol. The number of para-hydroxylation sites is 1. The van der Waals surface area contributed by atoms with Crippen LogP contribution in [0.15, 0.2) is 168 Å². The number of hydrogen-bond acceptors (Lipinski definition) is 4. The summed E-state index contributed by atoms with van der Waals surface area (Å²) < 4.78 is 6.67. The summed E-state index contributed by atoms with van der Waals surface area (Å²) in [6, 6.07) is 57.1. The number of hydrogen-bond donors (Lipinski definition) is 0. The van der Waals surface area contributed by atoms with E-state index in [0.29, 0.717) is 17.5 Å². The summed E-state index contributed by atoms with van der Waals surface area (Å²) >= 11 is 0. The van der Waals surface area contributed by atoms with E-state index in [1.54, 1.807) is 0 Å². The highest BCUT2D eigenvalue weighted by Crippen LogP contribution is 2.39. The third kappa shape index (κ3) is 4.65. The Balaban J connectivity index is 1.15. The summed E-state index contributed by atoms with van der Waals surface area (Å²) in [5.41, 5.74) is 6.71. The zero-order chi connectivity index (χ0) is 32.3. The average Bonchev–Trinajstić information content (AvgIpc) is 3.54. The number of nitrogens with zero attached hydrogens (tertiary/aromatic N) is 3. The Bertz CT molecular complexity index is 2890. The zero-order valence-electron chi connectivity index (χ0n) is 26.3. The van der Waals surface area contributed by atoms with Crippen LogP contribution < -0.4 is 0 Å². The van der Waals surface area contributed by atoms with Crippen LogP contribution in [0, 0.1) is 0 Å². The standard InChI is InChI=1S/C45H27N3O/c1-2-12-30(13-3-1)43-46-44(34-23-20-28-10-4-5-14-31(28)24-34)48-45(47-43)39-19-9-18-38-40-26-35-25-33(22-21-32(35)27-41(40)49-42(38)39)37-17-8-15-29-11-6-7-16-36(29)37/h1-27H. The lowest BCUT2D eigenvalue weighted by Gasteiger charge is -2.09. The summed E-state index contributed by atoms with van der Waals surface area (Å²) in [6.07, 6.45) is 0. The van der Waals surface area contributed by atoms with Gasteiger partial charge in [-0.15, -0.1) is 0 Å². The summed E-state index contributed by atoms with van der Waals surface area (Å²) in [5, 5.41) is 9.18. The van der Waals surface area contributed by atoms with Gasteiger partial charge < -0.3 is 4.42 Å². The topological polar surface area (TPSA) is 51.8 Å². The third-order valence-electron chi connectivity index (χ3n) is 9.47. The Morgan fingerprint density at radius 1 is 0.327 bits per heavy atom. The van der Waals surface area contributed by atoms with Gasteiger partial charge in [-0.1, -0.05) is 133 Å². The molecule has 0 unspecified atom stereocenters. The minimum absolute atomic E-state index is 0.574. The van der Waals surface area contributed by atoms with Gasteiger partial charge in [-0.25, -0.2) is 15.0 Å². The monoisotopic (exact) mass is 625 g/mol. The van der Waals surface area contributed by atoms with Gasteiger partial charge in [-0.3, -0.25) is 0 Å². The van der Waals surface area contributed by atoms with Crippen molar-refractivity contribution in [2.45, 2.75) is 0 Å². The van der Waals surface area contributed by atoms with Crippen molar-refractivity contribution >= 4 is 54.3 Å². The highest BCUT2D eigenvalue weighted by Gasteiger charge is 2.18. The van der Waals surface area contributed by atoms with E-state index in [9.17, 15) is 0 Å². The van der Waals surface area contributed by atoms with Gasteiger partial charge in [0, 0.05) is 21.9 Å². The van der Waals surface area contributed by atoms with Crippen LogP contribution in [0.2, 0.25) is 0 Å². The molecule has 8 aromatic carbocycles. The molecule has 4 nitrogen and oxygen atoms in total. The van der Waals surface area contributed by atoms with E-state index in [-0.39, 0.29) is 0 Å². The number of rotatable bonds is 4. The van der Waals surface area contributed by atoms with E-state index >= 15 is 0 Å². The first-order valence-electron chi connectivity index (χ1n) is 16.4. The van der Waals surface area contributed by atoms with Gasteiger partial charge in [-0.2, -0.15) is 0 Å². The number of benzene rings is 8. The second-order valence-electron chi connectivity index (χ2n) is 12.5. The van der Waals surface area contributed by atoms with Gasteiger partial charge in [0.15, 0.2) is 17.5 Å². The molecule has 0 aliphatic heterocycles. The van der Waals surface area contributed by atoms with E-state index in [0.717, 1.165) is 54.8 Å². The van der Waals surface area contributed by atoms with Crippen molar-refractivity contribution in [2.75, 3.05) is 0 Å². The maximum atomic E-state index is 6.67. The van der Waals surface area contributed by atoms with Crippen molar-refractivity contribution in [3.05, 3.63) is 164 Å². The predicted molar refractivity (Wildman–Crippen MR) is 201 cm³/mol. The van der Waals surface area contributed by atoms with Gasteiger partial charge in [0.05, 0.1) is 5.56 Å². The molecule has 10 rings (SSSR count). The van der Waals surface area contributed by atoms with Gasteiger partial charge in [0.2, 0.25) is 0 Å². The normalized spacial score (nSPS) is 11.7. The number of fused-ring (bicyclic) bond motifs is 6. The molecule has 0 amide bonds. The van der Waals surface area contributed by atoms with Crippen LogP contribution >= 0.6 is 0 Å². The molecule has 0 fully saturated rings. The second kappa shape index (κ2) is 11.0. The van der Waals surface area contributed by atoms with Crippen molar-refractivity contribution in [1.29, 1.82) is 0 Å². The Morgan fingerprint density at radius 3 is 1.84 bits per heavy atom. The predicted octanol–water partition coefficient (Wildman–Crippen LogP) is 11.9. The average molecular weight is 626 g/mol. The number of furan rings is 1. The second-order valence-corrected chi connectivity index (χ2v) is 12.5. The summed E-state index contributed by atoms with van der Waals surface area (Å²) in [7, 11) is 0. The maximum Gasteiger partial charge on any atom is 0.167 e. The lowest BCUT2D eigenvalue weighted by molar-refractivity contribution is 0.670. The van der Waals surface area contributed by atoms with Crippen molar-refractivity contribution in [3.63, 3.8) is 0 Å². The maximum absolute atomic E-state index is 6.67. The molecule has 0 atom stereocenters. The fraction of sp³-hybridized carbons (Fsp3) is 0. The molecule has 0 saturated carbocycles. The first-order valence-corrected chi connectivity index (χ1v) is 16.4.